The van der Waals surface area contributed by atoms with E-state index in [1.807, 2.05) is 0 Å². The minimum atomic E-state index is -6.08. The largest absolute Gasteiger partial charge is 0.490 e. The first kappa shape index (κ1) is 28.8. The second-order valence-corrected chi connectivity index (χ2v) is 8.69. The van der Waals surface area contributed by atoms with E-state index in [1.54, 1.807) is 37.0 Å². The SMILES string of the molecule is CCOc1ccc(CCn2c3c(c(=O)[nH]c2=O)C(C(F)(F)F)(C(F)(F)F)N=C(c2ccccc2)N3)cc1OCC. The van der Waals surface area contributed by atoms with Gasteiger partial charge in [-0.1, -0.05) is 36.4 Å². The summed E-state index contributed by atoms with van der Waals surface area (Å²) in [7, 11) is 0. The number of aromatic nitrogens is 2. The molecule has 1 aliphatic heterocycles. The van der Waals surface area contributed by atoms with Crippen LogP contribution in [0.1, 0.15) is 30.5 Å². The number of aliphatic imine (C=N–C) groups is 1. The molecule has 0 aliphatic carbocycles. The lowest BCUT2D eigenvalue weighted by Crippen LogP contribution is -2.59. The zero-order valence-electron chi connectivity index (χ0n) is 21.2. The second-order valence-electron chi connectivity index (χ2n) is 8.69. The van der Waals surface area contributed by atoms with Gasteiger partial charge in [-0.15, -0.1) is 0 Å². The quantitative estimate of drug-likeness (QED) is 0.381. The number of aromatic amines is 1. The summed E-state index contributed by atoms with van der Waals surface area (Å²) in [6.07, 6.45) is -12.2. The number of alkyl halides is 6. The van der Waals surface area contributed by atoms with Crippen LogP contribution < -0.4 is 26.0 Å². The molecule has 0 saturated carbocycles. The molecular formula is C26H24F6N4O4. The van der Waals surface area contributed by atoms with Crippen molar-refractivity contribution in [2.45, 2.75) is 44.7 Å². The van der Waals surface area contributed by atoms with Crippen LogP contribution in [0.25, 0.3) is 0 Å². The third-order valence-corrected chi connectivity index (χ3v) is 6.18. The van der Waals surface area contributed by atoms with Gasteiger partial charge in [-0.05, 0) is 38.0 Å². The highest BCUT2D eigenvalue weighted by Gasteiger charge is 2.75. The van der Waals surface area contributed by atoms with Crippen LogP contribution >= 0.6 is 0 Å². The Balaban J connectivity index is 1.89. The first-order chi connectivity index (χ1) is 18.8. The molecule has 0 atom stereocenters. The molecule has 214 valence electrons. The average Bonchev–Trinajstić information content (AvgIpc) is 2.88. The summed E-state index contributed by atoms with van der Waals surface area (Å²) in [5.41, 5.74) is -9.32. The maximum Gasteiger partial charge on any atom is 0.427 e. The number of hydrogen-bond acceptors (Lipinski definition) is 6. The molecule has 40 heavy (non-hydrogen) atoms. The highest BCUT2D eigenvalue weighted by molar-refractivity contribution is 6.09. The van der Waals surface area contributed by atoms with Gasteiger partial charge in [-0.3, -0.25) is 14.3 Å². The lowest BCUT2D eigenvalue weighted by Gasteiger charge is -2.38. The van der Waals surface area contributed by atoms with Crippen molar-refractivity contribution in [3.8, 4) is 11.5 Å². The smallest absolute Gasteiger partial charge is 0.427 e. The summed E-state index contributed by atoms with van der Waals surface area (Å²) >= 11 is 0. The number of ether oxygens (including phenoxy) is 2. The Hall–Kier alpha value is -4.23. The minimum Gasteiger partial charge on any atom is -0.490 e. The van der Waals surface area contributed by atoms with Gasteiger partial charge in [0.1, 0.15) is 17.2 Å². The lowest BCUT2D eigenvalue weighted by molar-refractivity contribution is -0.301. The van der Waals surface area contributed by atoms with Crippen molar-refractivity contribution in [3.63, 3.8) is 0 Å². The Labute approximate surface area is 223 Å². The summed E-state index contributed by atoms with van der Waals surface area (Å²) in [6.45, 7) is 3.80. The van der Waals surface area contributed by atoms with Gasteiger partial charge < -0.3 is 14.8 Å². The maximum atomic E-state index is 14.4. The number of hydrogen-bond donors (Lipinski definition) is 2. The number of halogens is 6. The van der Waals surface area contributed by atoms with E-state index in [9.17, 15) is 35.9 Å². The molecule has 3 aromatic rings. The normalized spacial score (nSPS) is 14.7. The molecule has 2 aromatic carbocycles. The molecule has 8 nitrogen and oxygen atoms in total. The Morgan fingerprint density at radius 1 is 0.900 bits per heavy atom. The zero-order chi connectivity index (χ0) is 29.3. The van der Waals surface area contributed by atoms with Gasteiger partial charge >= 0.3 is 18.0 Å². The third-order valence-electron chi connectivity index (χ3n) is 6.18. The van der Waals surface area contributed by atoms with Gasteiger partial charge in [0.25, 0.3) is 11.1 Å². The molecule has 2 N–H and O–H groups in total. The van der Waals surface area contributed by atoms with E-state index in [0.717, 1.165) is 0 Å². The van der Waals surface area contributed by atoms with E-state index in [-0.39, 0.29) is 12.0 Å². The molecule has 4 rings (SSSR count). The maximum absolute atomic E-state index is 14.4. The van der Waals surface area contributed by atoms with E-state index in [0.29, 0.717) is 34.8 Å². The fourth-order valence-electron chi connectivity index (χ4n) is 4.41. The van der Waals surface area contributed by atoms with Crippen LogP contribution in [0.2, 0.25) is 0 Å². The minimum absolute atomic E-state index is 0.0185. The number of rotatable bonds is 8. The molecule has 0 fully saturated rings. The van der Waals surface area contributed by atoms with Crippen molar-refractivity contribution in [2.24, 2.45) is 4.99 Å². The van der Waals surface area contributed by atoms with Gasteiger partial charge in [-0.2, -0.15) is 26.3 Å². The molecule has 14 heteroatoms. The van der Waals surface area contributed by atoms with Gasteiger partial charge in [0, 0.05) is 12.1 Å². The van der Waals surface area contributed by atoms with Crippen molar-refractivity contribution in [1.29, 1.82) is 0 Å². The molecule has 0 radical (unpaired) electrons. The monoisotopic (exact) mass is 570 g/mol. The number of benzene rings is 2. The van der Waals surface area contributed by atoms with Gasteiger partial charge in [0.2, 0.25) is 0 Å². The molecule has 0 amide bonds. The second kappa shape index (κ2) is 10.7. The number of aryl methyl sites for hydroxylation is 1. The van der Waals surface area contributed by atoms with Crippen LogP contribution in [0, 0.1) is 0 Å². The number of nitrogens with zero attached hydrogens (tertiary/aromatic N) is 2. The summed E-state index contributed by atoms with van der Waals surface area (Å²) in [6, 6.07) is 11.6. The van der Waals surface area contributed by atoms with Gasteiger partial charge in [0.05, 0.1) is 13.2 Å². The van der Waals surface area contributed by atoms with Crippen molar-refractivity contribution >= 4 is 11.7 Å². The molecule has 0 saturated heterocycles. The molecule has 0 unspecified atom stereocenters. The summed E-state index contributed by atoms with van der Waals surface area (Å²) in [4.78, 5) is 30.2. The molecule has 0 bridgehead atoms. The van der Waals surface area contributed by atoms with Crippen molar-refractivity contribution < 1.29 is 35.8 Å². The summed E-state index contributed by atoms with van der Waals surface area (Å²) in [5, 5.41) is 2.40. The fraction of sp³-hybridized carbons (Fsp3) is 0.346. The van der Waals surface area contributed by atoms with Crippen LogP contribution in [0.4, 0.5) is 32.2 Å². The van der Waals surface area contributed by atoms with Crippen molar-refractivity contribution in [3.05, 3.63) is 86.1 Å². The van der Waals surface area contributed by atoms with Crippen LogP contribution in [-0.2, 0) is 18.5 Å². The highest BCUT2D eigenvalue weighted by atomic mass is 19.4. The van der Waals surface area contributed by atoms with E-state index >= 15 is 0 Å². The molecule has 1 aromatic heterocycles. The fourth-order valence-corrected chi connectivity index (χ4v) is 4.41. The van der Waals surface area contributed by atoms with E-state index in [4.69, 9.17) is 9.47 Å². The van der Waals surface area contributed by atoms with Gasteiger partial charge in [0.15, 0.2) is 11.5 Å². The number of fused-ring (bicyclic) bond motifs is 1. The van der Waals surface area contributed by atoms with E-state index in [1.165, 1.54) is 30.3 Å². The topological polar surface area (TPSA) is 97.7 Å². The Bertz CT molecular complexity index is 1510. The highest BCUT2D eigenvalue weighted by Crippen LogP contribution is 2.55. The average molecular weight is 570 g/mol. The molecule has 1 aliphatic rings. The predicted octanol–water partition coefficient (Wildman–Crippen LogP) is 4.77. The number of anilines is 1. The number of nitrogens with one attached hydrogen (secondary N) is 2. The Kier molecular flexibility index (Phi) is 7.72. The van der Waals surface area contributed by atoms with Crippen molar-refractivity contribution in [2.75, 3.05) is 18.5 Å². The third kappa shape index (κ3) is 5.05. The van der Waals surface area contributed by atoms with Crippen LogP contribution in [0.5, 0.6) is 11.5 Å². The summed E-state index contributed by atoms with van der Waals surface area (Å²) < 4.78 is 98.2. The molecule has 2 heterocycles. The Morgan fingerprint density at radius 2 is 1.52 bits per heavy atom. The predicted molar refractivity (Wildman–Crippen MR) is 134 cm³/mol. The first-order valence-corrected chi connectivity index (χ1v) is 12.2. The van der Waals surface area contributed by atoms with Crippen LogP contribution in [-0.4, -0.2) is 41.0 Å². The number of amidine groups is 1. The van der Waals surface area contributed by atoms with E-state index < -0.39 is 52.9 Å². The Morgan fingerprint density at radius 3 is 2.12 bits per heavy atom. The van der Waals surface area contributed by atoms with Crippen LogP contribution in [0.15, 0.2) is 63.1 Å². The first-order valence-electron chi connectivity index (χ1n) is 12.2. The molecular weight excluding hydrogens is 546 g/mol. The summed E-state index contributed by atoms with van der Waals surface area (Å²) in [5.74, 6) is -0.936. The standard InChI is InChI=1S/C26H24F6N4O4/c1-3-39-17-11-10-15(14-18(17)40-4-2)12-13-36-21-19(22(37)34-23(36)38)24(25(27,28)29,26(30,31)32)35-20(33-21)16-8-6-5-7-9-16/h5-11,14H,3-4,12-13H2,1-2H3,(H,33,35)(H,34,37,38). The number of H-pyrrole nitrogens is 1. The van der Waals surface area contributed by atoms with Gasteiger partial charge in [-0.25, -0.2) is 9.79 Å². The van der Waals surface area contributed by atoms with E-state index in [2.05, 4.69) is 10.3 Å². The molecule has 0 spiro atoms. The van der Waals surface area contributed by atoms with Crippen molar-refractivity contribution in [1.82, 2.24) is 9.55 Å². The lowest BCUT2D eigenvalue weighted by atomic mass is 9.87. The van der Waals surface area contributed by atoms with Crippen LogP contribution in [0.3, 0.4) is 0 Å². The zero-order valence-corrected chi connectivity index (χ0v) is 21.2.